The molecule has 1 aromatic heterocycles. The topological polar surface area (TPSA) is 20.2 Å². The third-order valence-electron chi connectivity index (χ3n) is 2.80. The quantitative estimate of drug-likeness (QED) is 0.888. The third kappa shape index (κ3) is 3.95. The van der Waals surface area contributed by atoms with Gasteiger partial charge in [0.25, 0.3) is 0 Å². The molecule has 1 aromatic carbocycles. The summed E-state index contributed by atoms with van der Waals surface area (Å²) in [6.45, 7) is 0.242. The van der Waals surface area contributed by atoms with Gasteiger partial charge in [0.1, 0.15) is 0 Å². The van der Waals surface area contributed by atoms with E-state index in [2.05, 4.69) is 44.9 Å². The fourth-order valence-electron chi connectivity index (χ4n) is 1.90. The summed E-state index contributed by atoms with van der Waals surface area (Å²) < 4.78 is 1.10. The molecular weight excluding hydrogens is 296 g/mol. The highest BCUT2D eigenvalue weighted by Gasteiger charge is 2.10. The number of thiophene rings is 1. The van der Waals surface area contributed by atoms with Gasteiger partial charge in [-0.1, -0.05) is 28.1 Å². The molecule has 0 fully saturated rings. The van der Waals surface area contributed by atoms with Crippen molar-refractivity contribution in [3.8, 4) is 0 Å². The fraction of sp³-hybridized carbons (Fsp3) is 0.286. The molecule has 90 valence electrons. The Morgan fingerprint density at radius 2 is 1.76 bits per heavy atom. The molecule has 0 spiro atoms. The van der Waals surface area contributed by atoms with E-state index in [0.717, 1.165) is 17.3 Å². The lowest BCUT2D eigenvalue weighted by molar-refractivity contribution is 0.225. The molecule has 0 aliphatic heterocycles. The lowest BCUT2D eigenvalue weighted by Gasteiger charge is -2.13. The van der Waals surface area contributed by atoms with E-state index in [0.29, 0.717) is 5.92 Å². The number of halogens is 1. The Morgan fingerprint density at radius 3 is 2.35 bits per heavy atom. The number of hydrogen-bond donors (Lipinski definition) is 1. The molecule has 1 heterocycles. The monoisotopic (exact) mass is 310 g/mol. The van der Waals surface area contributed by atoms with Gasteiger partial charge in [-0.2, -0.15) is 11.3 Å². The average molecular weight is 311 g/mol. The zero-order valence-corrected chi connectivity index (χ0v) is 11.9. The van der Waals surface area contributed by atoms with Crippen LogP contribution in [0.3, 0.4) is 0 Å². The number of rotatable bonds is 5. The highest BCUT2D eigenvalue weighted by Crippen LogP contribution is 2.18. The van der Waals surface area contributed by atoms with Crippen molar-refractivity contribution in [3.05, 3.63) is 56.7 Å². The van der Waals surface area contributed by atoms with Crippen molar-refractivity contribution in [2.75, 3.05) is 6.61 Å². The lowest BCUT2D eigenvalue weighted by Crippen LogP contribution is -2.12. The normalized spacial score (nSPS) is 12.6. The Balaban J connectivity index is 1.97. The fourth-order valence-corrected chi connectivity index (χ4v) is 2.84. The van der Waals surface area contributed by atoms with E-state index < -0.39 is 0 Å². The first-order chi connectivity index (χ1) is 8.28. The average Bonchev–Trinajstić information content (AvgIpc) is 2.84. The smallest absolute Gasteiger partial charge is 0.0465 e. The van der Waals surface area contributed by atoms with Gasteiger partial charge in [-0.25, -0.2) is 0 Å². The predicted octanol–water partition coefficient (Wildman–Crippen LogP) is 3.90. The minimum atomic E-state index is 0.242. The van der Waals surface area contributed by atoms with Crippen LogP contribution >= 0.6 is 27.3 Å². The van der Waals surface area contributed by atoms with Crippen LogP contribution in [0.25, 0.3) is 0 Å². The summed E-state index contributed by atoms with van der Waals surface area (Å²) in [5, 5.41) is 13.7. The molecule has 17 heavy (non-hydrogen) atoms. The second-order valence-electron chi connectivity index (χ2n) is 4.21. The van der Waals surface area contributed by atoms with Crippen molar-refractivity contribution < 1.29 is 5.11 Å². The Kier molecular flexibility index (Phi) is 4.77. The lowest BCUT2D eigenvalue weighted by atomic mass is 9.94. The zero-order valence-electron chi connectivity index (χ0n) is 9.47. The Morgan fingerprint density at radius 1 is 1.06 bits per heavy atom. The molecule has 0 bridgehead atoms. The first kappa shape index (κ1) is 12.8. The Labute approximate surface area is 114 Å². The molecule has 1 unspecified atom stereocenters. The van der Waals surface area contributed by atoms with Crippen LogP contribution in [-0.4, -0.2) is 11.7 Å². The molecule has 2 aromatic rings. The minimum Gasteiger partial charge on any atom is -0.396 e. The predicted molar refractivity (Wildman–Crippen MR) is 76.4 cm³/mol. The minimum absolute atomic E-state index is 0.242. The van der Waals surface area contributed by atoms with Crippen LogP contribution in [0.4, 0.5) is 0 Å². The standard InChI is InChI=1S/C14H15BrOS/c15-14-3-1-11(2-4-14)7-13(9-16)8-12-5-6-17-10-12/h1-6,10,13,16H,7-9H2. The first-order valence-electron chi connectivity index (χ1n) is 5.64. The molecule has 1 nitrogen and oxygen atoms in total. The maximum Gasteiger partial charge on any atom is 0.0465 e. The van der Waals surface area contributed by atoms with Gasteiger partial charge in [0.15, 0.2) is 0 Å². The number of hydrogen-bond acceptors (Lipinski definition) is 2. The highest BCUT2D eigenvalue weighted by atomic mass is 79.9. The maximum absolute atomic E-state index is 9.43. The molecule has 1 N–H and O–H groups in total. The van der Waals surface area contributed by atoms with E-state index in [-0.39, 0.29) is 6.61 Å². The van der Waals surface area contributed by atoms with Crippen LogP contribution in [0.1, 0.15) is 11.1 Å². The van der Waals surface area contributed by atoms with Gasteiger partial charge in [-0.05, 0) is 58.8 Å². The SMILES string of the molecule is OCC(Cc1ccc(Br)cc1)Cc1ccsc1. The van der Waals surface area contributed by atoms with Crippen LogP contribution in [0.2, 0.25) is 0 Å². The highest BCUT2D eigenvalue weighted by molar-refractivity contribution is 9.10. The summed E-state index contributed by atoms with van der Waals surface area (Å²) in [6.07, 6.45) is 1.88. The van der Waals surface area contributed by atoms with Gasteiger partial charge in [-0.3, -0.25) is 0 Å². The molecule has 0 saturated carbocycles. The summed E-state index contributed by atoms with van der Waals surface area (Å²) in [7, 11) is 0. The van der Waals surface area contributed by atoms with Gasteiger partial charge in [0.05, 0.1) is 0 Å². The molecule has 0 radical (unpaired) electrons. The van der Waals surface area contributed by atoms with Crippen molar-refractivity contribution in [1.29, 1.82) is 0 Å². The van der Waals surface area contributed by atoms with E-state index in [9.17, 15) is 5.11 Å². The summed E-state index contributed by atoms with van der Waals surface area (Å²) >= 11 is 5.14. The molecule has 0 aliphatic rings. The molecule has 2 rings (SSSR count). The van der Waals surface area contributed by atoms with Crippen LogP contribution in [0, 0.1) is 5.92 Å². The van der Waals surface area contributed by atoms with Crippen LogP contribution in [0.15, 0.2) is 45.6 Å². The summed E-state index contributed by atoms with van der Waals surface area (Å²) in [6, 6.07) is 10.5. The van der Waals surface area contributed by atoms with E-state index >= 15 is 0 Å². The zero-order chi connectivity index (χ0) is 12.1. The molecule has 0 saturated heterocycles. The molecule has 1 atom stereocenters. The van der Waals surface area contributed by atoms with E-state index in [1.54, 1.807) is 11.3 Å². The van der Waals surface area contributed by atoms with E-state index in [1.807, 2.05) is 12.1 Å². The van der Waals surface area contributed by atoms with Gasteiger partial charge in [0, 0.05) is 11.1 Å². The largest absolute Gasteiger partial charge is 0.396 e. The van der Waals surface area contributed by atoms with Crippen LogP contribution in [-0.2, 0) is 12.8 Å². The van der Waals surface area contributed by atoms with Crippen molar-refractivity contribution in [1.82, 2.24) is 0 Å². The number of aliphatic hydroxyl groups excluding tert-OH is 1. The Bertz CT molecular complexity index is 436. The third-order valence-corrected chi connectivity index (χ3v) is 4.06. The van der Waals surface area contributed by atoms with Gasteiger partial charge in [0.2, 0.25) is 0 Å². The van der Waals surface area contributed by atoms with Crippen molar-refractivity contribution in [2.24, 2.45) is 5.92 Å². The molecule has 3 heteroatoms. The molecule has 0 amide bonds. The summed E-state index contributed by atoms with van der Waals surface area (Å²) in [4.78, 5) is 0. The molecule has 0 aliphatic carbocycles. The second-order valence-corrected chi connectivity index (χ2v) is 5.91. The van der Waals surface area contributed by atoms with Crippen LogP contribution in [0.5, 0.6) is 0 Å². The van der Waals surface area contributed by atoms with Gasteiger partial charge < -0.3 is 5.11 Å². The van der Waals surface area contributed by atoms with Crippen molar-refractivity contribution >= 4 is 27.3 Å². The Hall–Kier alpha value is -0.640. The van der Waals surface area contributed by atoms with E-state index in [4.69, 9.17) is 0 Å². The van der Waals surface area contributed by atoms with Gasteiger partial charge in [-0.15, -0.1) is 0 Å². The molecular formula is C14H15BrOS. The summed E-state index contributed by atoms with van der Waals surface area (Å²) in [5.41, 5.74) is 2.61. The maximum atomic E-state index is 9.43. The first-order valence-corrected chi connectivity index (χ1v) is 7.38. The number of aliphatic hydroxyl groups is 1. The van der Waals surface area contributed by atoms with E-state index in [1.165, 1.54) is 11.1 Å². The summed E-state index contributed by atoms with van der Waals surface area (Å²) in [5.74, 6) is 0.311. The van der Waals surface area contributed by atoms with Crippen molar-refractivity contribution in [2.45, 2.75) is 12.8 Å². The van der Waals surface area contributed by atoms with Crippen molar-refractivity contribution in [3.63, 3.8) is 0 Å². The van der Waals surface area contributed by atoms with Crippen LogP contribution < -0.4 is 0 Å². The van der Waals surface area contributed by atoms with Gasteiger partial charge >= 0.3 is 0 Å². The second kappa shape index (κ2) is 6.34. The number of benzene rings is 1.